The molecule has 1 N–H and O–H groups in total. The molecule has 0 amide bonds. The molecule has 1 rings (SSSR count). The first-order valence-corrected chi connectivity index (χ1v) is 9.30. The van der Waals surface area contributed by atoms with Crippen LogP contribution in [0.1, 0.15) is 10.4 Å². The van der Waals surface area contributed by atoms with E-state index in [0.717, 1.165) is 3.57 Å². The monoisotopic (exact) mass is 644 g/mol. The predicted octanol–water partition coefficient (Wildman–Crippen LogP) is 3.14. The molecule has 0 saturated carbocycles. The van der Waals surface area contributed by atoms with Crippen LogP contribution in [-0.4, -0.2) is 30.8 Å². The summed E-state index contributed by atoms with van der Waals surface area (Å²) in [6.45, 7) is -1.75. The van der Waals surface area contributed by atoms with Gasteiger partial charge in [0, 0.05) is 10.7 Å². The lowest BCUT2D eigenvalue weighted by molar-refractivity contribution is -0.00964. The summed E-state index contributed by atoms with van der Waals surface area (Å²) in [5, 5.41) is -4.54. The first-order valence-electron chi connectivity index (χ1n) is 4.62. The zero-order valence-electron chi connectivity index (χ0n) is 9.24. The third-order valence-corrected chi connectivity index (χ3v) is 5.16. The van der Waals surface area contributed by atoms with Crippen LogP contribution in [0.15, 0.2) is 12.1 Å². The van der Waals surface area contributed by atoms with Gasteiger partial charge in [-0.3, -0.25) is 4.55 Å². The van der Waals surface area contributed by atoms with Crippen molar-refractivity contribution in [3.63, 3.8) is 0 Å². The van der Waals surface area contributed by atoms with Gasteiger partial charge in [0.15, 0.2) is 6.61 Å². The van der Waals surface area contributed by atoms with Crippen molar-refractivity contribution in [1.82, 2.24) is 0 Å². The van der Waals surface area contributed by atoms with Crippen molar-refractivity contribution >= 4 is 83.9 Å². The summed E-state index contributed by atoms with van der Waals surface area (Å²) < 4.78 is 61.1. The van der Waals surface area contributed by atoms with E-state index in [1.165, 1.54) is 0 Å². The number of carbonyl (C=O) groups is 1. The zero-order valence-corrected chi connectivity index (χ0v) is 16.5. The first kappa shape index (κ1) is 18.7. The third kappa shape index (κ3) is 4.57. The maximum atomic E-state index is 13.0. The number of rotatable bonds is 4. The number of hydrogen-bond acceptors (Lipinski definition) is 4. The second-order valence-electron chi connectivity index (χ2n) is 3.43. The fourth-order valence-corrected chi connectivity index (χ4v) is 5.26. The second-order valence-corrected chi connectivity index (χ2v) is 8.55. The molecule has 0 atom stereocenters. The SMILES string of the molecule is O=C(OCC(F)(F)S(=O)(=O)O)c1c(I)cc(I)cc1I. The Hall–Kier alpha value is 0.650. The average Bonchev–Trinajstić information content (AvgIpc) is 2.23. The number of halogens is 5. The van der Waals surface area contributed by atoms with Crippen molar-refractivity contribution in [2.45, 2.75) is 5.25 Å². The summed E-state index contributed by atoms with van der Waals surface area (Å²) in [6, 6.07) is 3.28. The van der Waals surface area contributed by atoms with Gasteiger partial charge in [0.25, 0.3) is 0 Å². The molecule has 5 nitrogen and oxygen atoms in total. The molecule has 20 heavy (non-hydrogen) atoms. The number of carbonyl (C=O) groups excluding carboxylic acids is 1. The van der Waals surface area contributed by atoms with Crippen LogP contribution in [0.3, 0.4) is 0 Å². The van der Waals surface area contributed by atoms with E-state index in [0.29, 0.717) is 7.14 Å². The third-order valence-electron chi connectivity index (χ3n) is 1.96. The molecule has 0 spiro atoms. The van der Waals surface area contributed by atoms with Gasteiger partial charge in [-0.15, -0.1) is 0 Å². The van der Waals surface area contributed by atoms with Crippen LogP contribution < -0.4 is 0 Å². The molecule has 0 unspecified atom stereocenters. The van der Waals surface area contributed by atoms with Gasteiger partial charge in [0.05, 0.1) is 5.56 Å². The van der Waals surface area contributed by atoms with Gasteiger partial charge in [-0.25, -0.2) is 4.79 Å². The highest BCUT2D eigenvalue weighted by molar-refractivity contribution is 14.1. The maximum Gasteiger partial charge on any atom is 0.402 e. The molecule has 0 aliphatic heterocycles. The summed E-state index contributed by atoms with van der Waals surface area (Å²) in [5.74, 6) is -1.08. The Labute approximate surface area is 154 Å². The van der Waals surface area contributed by atoms with Crippen molar-refractivity contribution in [1.29, 1.82) is 0 Å². The van der Waals surface area contributed by atoms with Gasteiger partial charge in [0.2, 0.25) is 0 Å². The zero-order chi connectivity index (χ0) is 15.7. The Balaban J connectivity index is 2.95. The van der Waals surface area contributed by atoms with Gasteiger partial charge in [-0.05, 0) is 79.9 Å². The fraction of sp³-hybridized carbons (Fsp3) is 0.222. The van der Waals surface area contributed by atoms with Crippen LogP contribution in [0.5, 0.6) is 0 Å². The quantitative estimate of drug-likeness (QED) is 0.310. The van der Waals surface area contributed by atoms with Crippen LogP contribution in [-0.2, 0) is 14.9 Å². The highest BCUT2D eigenvalue weighted by Crippen LogP contribution is 2.25. The summed E-state index contributed by atoms with van der Waals surface area (Å²) >= 11 is 5.70. The highest BCUT2D eigenvalue weighted by Gasteiger charge is 2.45. The molecule has 112 valence electrons. The minimum absolute atomic E-state index is 0.0674. The van der Waals surface area contributed by atoms with E-state index in [1.807, 2.05) is 67.8 Å². The molecule has 0 bridgehead atoms. The second kappa shape index (κ2) is 6.82. The largest absolute Gasteiger partial charge is 0.454 e. The van der Waals surface area contributed by atoms with Gasteiger partial charge >= 0.3 is 21.3 Å². The normalized spacial score (nSPS) is 12.3. The van der Waals surface area contributed by atoms with Crippen LogP contribution >= 0.6 is 67.8 Å². The first-order chi connectivity index (χ1) is 8.95. The Morgan fingerprint density at radius 3 is 2.10 bits per heavy atom. The molecule has 11 heteroatoms. The van der Waals surface area contributed by atoms with Crippen molar-refractivity contribution in [2.24, 2.45) is 0 Å². The molecule has 0 aliphatic carbocycles. The van der Waals surface area contributed by atoms with Crippen molar-refractivity contribution in [3.05, 3.63) is 28.4 Å². The molecule has 1 aromatic rings. The van der Waals surface area contributed by atoms with E-state index in [4.69, 9.17) is 4.55 Å². The highest BCUT2D eigenvalue weighted by atomic mass is 127. The van der Waals surface area contributed by atoms with Crippen molar-refractivity contribution in [2.75, 3.05) is 6.61 Å². The molecular formula is C9H5F2I3O5S. The van der Waals surface area contributed by atoms with E-state index in [-0.39, 0.29) is 5.56 Å². The molecule has 0 fully saturated rings. The van der Waals surface area contributed by atoms with Crippen molar-refractivity contribution in [3.8, 4) is 0 Å². The lowest BCUT2D eigenvalue weighted by Crippen LogP contribution is -2.34. The van der Waals surface area contributed by atoms with Gasteiger partial charge in [-0.1, -0.05) is 0 Å². The van der Waals surface area contributed by atoms with Gasteiger partial charge in [0.1, 0.15) is 0 Å². The summed E-state index contributed by atoms with van der Waals surface area (Å²) in [7, 11) is -5.62. The number of benzene rings is 1. The Morgan fingerprint density at radius 2 is 1.70 bits per heavy atom. The predicted molar refractivity (Wildman–Crippen MR) is 91.4 cm³/mol. The number of hydrogen-bond donors (Lipinski definition) is 1. The molecule has 0 radical (unpaired) electrons. The van der Waals surface area contributed by atoms with E-state index in [2.05, 4.69) is 4.74 Å². The molecule has 0 saturated heterocycles. The smallest absolute Gasteiger partial charge is 0.402 e. The van der Waals surface area contributed by atoms with E-state index < -0.39 is 27.9 Å². The van der Waals surface area contributed by atoms with Gasteiger partial charge in [-0.2, -0.15) is 17.2 Å². The lowest BCUT2D eigenvalue weighted by Gasteiger charge is -2.14. The van der Waals surface area contributed by atoms with E-state index >= 15 is 0 Å². The summed E-state index contributed by atoms with van der Waals surface area (Å²) in [6.07, 6.45) is 0. The number of esters is 1. The molecule has 0 aliphatic rings. The summed E-state index contributed by atoms with van der Waals surface area (Å²) in [4.78, 5) is 11.7. The molecular weight excluding hydrogens is 639 g/mol. The molecule has 1 aromatic carbocycles. The minimum Gasteiger partial charge on any atom is -0.454 e. The van der Waals surface area contributed by atoms with Crippen LogP contribution in [0.25, 0.3) is 0 Å². The Morgan fingerprint density at radius 1 is 1.25 bits per heavy atom. The Bertz CT molecular complexity index is 624. The van der Waals surface area contributed by atoms with Crippen LogP contribution in [0.2, 0.25) is 0 Å². The van der Waals surface area contributed by atoms with Crippen LogP contribution in [0, 0.1) is 10.7 Å². The fourth-order valence-electron chi connectivity index (χ4n) is 1.03. The number of ether oxygens (including phenoxy) is 1. The Kier molecular flexibility index (Phi) is 6.38. The summed E-state index contributed by atoms with van der Waals surface area (Å²) in [5.41, 5.74) is 0.0674. The lowest BCUT2D eigenvalue weighted by atomic mass is 10.2. The minimum atomic E-state index is -5.62. The maximum absolute atomic E-state index is 13.0. The standard InChI is InChI=1S/C9H5F2I3O5S/c10-9(11,20(16,17)18)3-19-8(15)7-5(13)1-4(12)2-6(7)14/h1-2H,3H2,(H,16,17,18). The molecule has 0 heterocycles. The number of alkyl halides is 2. The van der Waals surface area contributed by atoms with Crippen molar-refractivity contribution < 1.29 is 31.3 Å². The van der Waals surface area contributed by atoms with Crippen LogP contribution in [0.4, 0.5) is 8.78 Å². The topological polar surface area (TPSA) is 80.7 Å². The average molecular weight is 644 g/mol. The molecule has 0 aromatic heterocycles. The van der Waals surface area contributed by atoms with E-state index in [1.54, 1.807) is 12.1 Å². The van der Waals surface area contributed by atoms with E-state index in [9.17, 15) is 22.0 Å². The van der Waals surface area contributed by atoms with Gasteiger partial charge < -0.3 is 4.74 Å².